The van der Waals surface area contributed by atoms with Gasteiger partial charge < -0.3 is 10.1 Å². The van der Waals surface area contributed by atoms with Gasteiger partial charge in [0, 0.05) is 24.1 Å². The van der Waals surface area contributed by atoms with Gasteiger partial charge in [0.25, 0.3) is 0 Å². The van der Waals surface area contributed by atoms with Gasteiger partial charge in [-0.1, -0.05) is 12.1 Å². The summed E-state index contributed by atoms with van der Waals surface area (Å²) in [6.45, 7) is 0.734. The summed E-state index contributed by atoms with van der Waals surface area (Å²) >= 11 is 0. The Morgan fingerprint density at radius 1 is 1.17 bits per heavy atom. The molecule has 1 aliphatic heterocycles. The topological polar surface area (TPSA) is 51.2 Å². The van der Waals surface area contributed by atoms with Gasteiger partial charge in [0.2, 0.25) is 5.91 Å². The minimum Gasteiger partial charge on any atom is -0.493 e. The van der Waals surface area contributed by atoms with Crippen LogP contribution < -0.4 is 10.1 Å². The molecule has 4 rings (SSSR count). The number of rotatable bonds is 3. The van der Waals surface area contributed by atoms with E-state index in [9.17, 15) is 4.79 Å². The van der Waals surface area contributed by atoms with Crippen LogP contribution in [-0.4, -0.2) is 17.5 Å². The van der Waals surface area contributed by atoms with E-state index >= 15 is 0 Å². The molecule has 1 amide bonds. The van der Waals surface area contributed by atoms with Crippen LogP contribution in [0, 0.1) is 0 Å². The summed E-state index contributed by atoms with van der Waals surface area (Å²) in [4.78, 5) is 16.5. The molecule has 2 heterocycles. The van der Waals surface area contributed by atoms with Crippen molar-refractivity contribution < 1.29 is 9.53 Å². The Labute approximate surface area is 139 Å². The smallest absolute Gasteiger partial charge is 0.248 e. The number of carbonyl (C=O) groups is 1. The van der Waals surface area contributed by atoms with Crippen LogP contribution in [0.1, 0.15) is 11.1 Å². The summed E-state index contributed by atoms with van der Waals surface area (Å²) < 4.78 is 5.49. The van der Waals surface area contributed by atoms with E-state index in [0.29, 0.717) is 0 Å². The molecule has 24 heavy (non-hydrogen) atoms. The van der Waals surface area contributed by atoms with E-state index in [1.54, 1.807) is 12.3 Å². The second kappa shape index (κ2) is 6.16. The molecule has 2 aromatic carbocycles. The van der Waals surface area contributed by atoms with Crippen LogP contribution in [0.4, 0.5) is 5.69 Å². The molecule has 0 saturated heterocycles. The molecule has 0 radical (unpaired) electrons. The van der Waals surface area contributed by atoms with Crippen LogP contribution in [0.2, 0.25) is 0 Å². The van der Waals surface area contributed by atoms with Crippen molar-refractivity contribution in [2.75, 3.05) is 11.9 Å². The number of hydrogen-bond donors (Lipinski definition) is 1. The number of nitrogens with one attached hydrogen (secondary N) is 1. The van der Waals surface area contributed by atoms with E-state index in [0.717, 1.165) is 40.9 Å². The van der Waals surface area contributed by atoms with Crippen molar-refractivity contribution in [3.8, 4) is 5.75 Å². The third kappa shape index (κ3) is 2.86. The Morgan fingerprint density at radius 3 is 3.08 bits per heavy atom. The zero-order valence-corrected chi connectivity index (χ0v) is 13.0. The highest BCUT2D eigenvalue weighted by atomic mass is 16.5. The highest BCUT2D eigenvalue weighted by Gasteiger charge is 2.11. The van der Waals surface area contributed by atoms with Gasteiger partial charge in [0.05, 0.1) is 17.8 Å². The zero-order valence-electron chi connectivity index (χ0n) is 13.0. The van der Waals surface area contributed by atoms with Crippen LogP contribution in [0.25, 0.3) is 17.0 Å². The maximum Gasteiger partial charge on any atom is 0.248 e. The van der Waals surface area contributed by atoms with Crippen molar-refractivity contribution >= 4 is 28.6 Å². The molecular weight excluding hydrogens is 300 g/mol. The van der Waals surface area contributed by atoms with Crippen molar-refractivity contribution in [3.63, 3.8) is 0 Å². The Bertz CT molecular complexity index is 942. The van der Waals surface area contributed by atoms with Gasteiger partial charge in [-0.15, -0.1) is 0 Å². The molecule has 1 N–H and O–H groups in total. The standard InChI is InChI=1S/C20H16N2O2/c23-20(9-7-14-6-8-19-15(13-14)10-12-24-19)22-18-5-1-4-17-16(18)3-2-11-21-17/h1-9,11,13H,10,12H2,(H,22,23). The number of nitrogens with zero attached hydrogens (tertiary/aromatic N) is 1. The highest BCUT2D eigenvalue weighted by molar-refractivity contribution is 6.06. The second-order valence-electron chi connectivity index (χ2n) is 5.66. The van der Waals surface area contributed by atoms with E-state index in [4.69, 9.17) is 4.74 Å². The monoisotopic (exact) mass is 316 g/mol. The largest absolute Gasteiger partial charge is 0.493 e. The molecule has 118 valence electrons. The van der Waals surface area contributed by atoms with Crippen molar-refractivity contribution in [1.29, 1.82) is 0 Å². The molecule has 0 saturated carbocycles. The van der Waals surface area contributed by atoms with E-state index in [1.165, 1.54) is 5.56 Å². The Balaban J connectivity index is 1.52. The minimum absolute atomic E-state index is 0.164. The molecule has 4 heteroatoms. The average Bonchev–Trinajstić information content (AvgIpc) is 3.08. The fourth-order valence-electron chi connectivity index (χ4n) is 2.87. The zero-order chi connectivity index (χ0) is 16.4. The number of pyridine rings is 1. The van der Waals surface area contributed by atoms with E-state index in [1.807, 2.05) is 48.5 Å². The van der Waals surface area contributed by atoms with Gasteiger partial charge in [-0.25, -0.2) is 0 Å². The number of hydrogen-bond acceptors (Lipinski definition) is 3. The van der Waals surface area contributed by atoms with Crippen LogP contribution in [0.15, 0.2) is 60.8 Å². The van der Waals surface area contributed by atoms with E-state index in [2.05, 4.69) is 16.4 Å². The van der Waals surface area contributed by atoms with Crippen LogP contribution in [-0.2, 0) is 11.2 Å². The summed E-state index contributed by atoms with van der Waals surface area (Å²) in [5.74, 6) is 0.781. The molecule has 4 nitrogen and oxygen atoms in total. The molecule has 3 aromatic rings. The van der Waals surface area contributed by atoms with Gasteiger partial charge in [0.1, 0.15) is 5.75 Å². The molecule has 0 spiro atoms. The first kappa shape index (κ1) is 14.5. The third-order valence-corrected chi connectivity index (χ3v) is 4.04. The fourth-order valence-corrected chi connectivity index (χ4v) is 2.87. The molecule has 0 fully saturated rings. The maximum atomic E-state index is 12.2. The Kier molecular flexibility index (Phi) is 3.71. The maximum absolute atomic E-state index is 12.2. The summed E-state index contributed by atoms with van der Waals surface area (Å²) in [6, 6.07) is 15.5. The summed E-state index contributed by atoms with van der Waals surface area (Å²) in [6.07, 6.45) is 6.03. The Hall–Kier alpha value is -3.14. The molecule has 0 bridgehead atoms. The summed E-state index contributed by atoms with van der Waals surface area (Å²) in [7, 11) is 0. The third-order valence-electron chi connectivity index (χ3n) is 4.04. The number of ether oxygens (including phenoxy) is 1. The molecule has 0 unspecified atom stereocenters. The first-order valence-electron chi connectivity index (χ1n) is 7.88. The van der Waals surface area contributed by atoms with Gasteiger partial charge in [-0.3, -0.25) is 9.78 Å². The van der Waals surface area contributed by atoms with Gasteiger partial charge >= 0.3 is 0 Å². The van der Waals surface area contributed by atoms with Gasteiger partial charge in [-0.05, 0) is 53.6 Å². The number of carbonyl (C=O) groups excluding carboxylic acids is 1. The normalized spacial score (nSPS) is 13.0. The summed E-state index contributed by atoms with van der Waals surface area (Å²) in [5, 5.41) is 3.84. The van der Waals surface area contributed by atoms with Crippen molar-refractivity contribution in [2.24, 2.45) is 0 Å². The first-order chi connectivity index (χ1) is 11.8. The summed E-state index contributed by atoms with van der Waals surface area (Å²) in [5.41, 5.74) is 3.81. The average molecular weight is 316 g/mol. The minimum atomic E-state index is -0.164. The Morgan fingerprint density at radius 2 is 2.12 bits per heavy atom. The molecule has 0 aliphatic carbocycles. The second-order valence-corrected chi connectivity index (χ2v) is 5.66. The van der Waals surface area contributed by atoms with Crippen molar-refractivity contribution in [2.45, 2.75) is 6.42 Å². The van der Waals surface area contributed by atoms with Crippen molar-refractivity contribution in [3.05, 3.63) is 71.9 Å². The van der Waals surface area contributed by atoms with Gasteiger partial charge in [0.15, 0.2) is 0 Å². The van der Waals surface area contributed by atoms with Crippen LogP contribution >= 0.6 is 0 Å². The van der Waals surface area contributed by atoms with E-state index < -0.39 is 0 Å². The fraction of sp³-hybridized carbons (Fsp3) is 0.100. The predicted molar refractivity (Wildman–Crippen MR) is 95.0 cm³/mol. The number of benzene rings is 2. The lowest BCUT2D eigenvalue weighted by atomic mass is 10.1. The lowest BCUT2D eigenvalue weighted by Crippen LogP contribution is -2.08. The van der Waals surface area contributed by atoms with E-state index in [-0.39, 0.29) is 5.91 Å². The number of fused-ring (bicyclic) bond motifs is 2. The molecule has 1 aliphatic rings. The number of amides is 1. The lowest BCUT2D eigenvalue weighted by molar-refractivity contribution is -0.111. The molecular formula is C20H16N2O2. The number of anilines is 1. The SMILES string of the molecule is O=C(C=Cc1ccc2c(c1)CCO2)Nc1cccc2ncccc12. The quantitative estimate of drug-likeness (QED) is 0.747. The lowest BCUT2D eigenvalue weighted by Gasteiger charge is -2.06. The molecule has 0 atom stereocenters. The van der Waals surface area contributed by atoms with Gasteiger partial charge in [-0.2, -0.15) is 0 Å². The van der Waals surface area contributed by atoms with Crippen molar-refractivity contribution in [1.82, 2.24) is 4.98 Å². The number of aromatic nitrogens is 1. The predicted octanol–water partition coefficient (Wildman–Crippen LogP) is 3.82. The van der Waals surface area contributed by atoms with Crippen LogP contribution in [0.3, 0.4) is 0 Å². The highest BCUT2D eigenvalue weighted by Crippen LogP contribution is 2.26. The van der Waals surface area contributed by atoms with Crippen LogP contribution in [0.5, 0.6) is 5.75 Å². The molecule has 1 aromatic heterocycles. The first-order valence-corrected chi connectivity index (χ1v) is 7.88.